The molecule has 0 amide bonds. The van der Waals surface area contributed by atoms with Gasteiger partial charge in [0.25, 0.3) is 0 Å². The molecule has 3 atom stereocenters. The molecule has 0 aromatic heterocycles. The first-order chi connectivity index (χ1) is 12.1. The van der Waals surface area contributed by atoms with E-state index in [9.17, 15) is 0 Å². The Morgan fingerprint density at radius 3 is 2.36 bits per heavy atom. The van der Waals surface area contributed by atoms with E-state index in [2.05, 4.69) is 38.1 Å². The van der Waals surface area contributed by atoms with Crippen molar-refractivity contribution in [2.24, 2.45) is 11.8 Å². The Bertz CT molecular complexity index is 799. The topological polar surface area (TPSA) is 36.9 Å². The summed E-state index contributed by atoms with van der Waals surface area (Å²) in [5, 5.41) is 0. The molecule has 0 bridgehead atoms. The fourth-order valence-electron chi connectivity index (χ4n) is 4.14. The SMILES string of the molecule is COc1ccc([C@@H]2c3cc4c(cc3C[C@H](C)[C@H]2C)OCO4)cc1OC. The summed E-state index contributed by atoms with van der Waals surface area (Å²) in [7, 11) is 3.35. The smallest absolute Gasteiger partial charge is 0.231 e. The molecule has 1 aliphatic carbocycles. The van der Waals surface area contributed by atoms with Crippen molar-refractivity contribution in [3.05, 3.63) is 47.0 Å². The van der Waals surface area contributed by atoms with Gasteiger partial charge >= 0.3 is 0 Å². The van der Waals surface area contributed by atoms with E-state index in [4.69, 9.17) is 18.9 Å². The molecule has 2 aliphatic rings. The number of benzene rings is 2. The molecule has 0 fully saturated rings. The molecule has 0 saturated heterocycles. The van der Waals surface area contributed by atoms with E-state index in [1.165, 1.54) is 16.7 Å². The van der Waals surface area contributed by atoms with Crippen LogP contribution in [0.3, 0.4) is 0 Å². The van der Waals surface area contributed by atoms with Crippen molar-refractivity contribution in [3.63, 3.8) is 0 Å². The summed E-state index contributed by atoms with van der Waals surface area (Å²) in [6.45, 7) is 4.97. The maximum absolute atomic E-state index is 5.63. The van der Waals surface area contributed by atoms with Gasteiger partial charge in [-0.05, 0) is 59.2 Å². The Morgan fingerprint density at radius 1 is 0.920 bits per heavy atom. The minimum Gasteiger partial charge on any atom is -0.493 e. The highest BCUT2D eigenvalue weighted by Gasteiger charge is 2.35. The van der Waals surface area contributed by atoms with Crippen molar-refractivity contribution in [3.8, 4) is 23.0 Å². The minimum absolute atomic E-state index is 0.299. The van der Waals surface area contributed by atoms with Crippen molar-refractivity contribution >= 4 is 0 Å². The number of fused-ring (bicyclic) bond motifs is 2. The second kappa shape index (κ2) is 6.17. The van der Waals surface area contributed by atoms with E-state index in [0.717, 1.165) is 29.4 Å². The van der Waals surface area contributed by atoms with E-state index >= 15 is 0 Å². The lowest BCUT2D eigenvalue weighted by atomic mass is 9.68. The molecular formula is C21H24O4. The minimum atomic E-state index is 0.299. The zero-order valence-electron chi connectivity index (χ0n) is 15.2. The molecule has 2 aromatic carbocycles. The predicted octanol–water partition coefficient (Wildman–Crippen LogP) is 4.39. The maximum atomic E-state index is 5.63. The number of hydrogen-bond acceptors (Lipinski definition) is 4. The van der Waals surface area contributed by atoms with Gasteiger partial charge in [-0.3, -0.25) is 0 Å². The summed E-state index contributed by atoms with van der Waals surface area (Å²) in [5.74, 6) is 4.66. The van der Waals surface area contributed by atoms with Gasteiger partial charge in [-0.2, -0.15) is 0 Å². The fraction of sp³-hybridized carbons (Fsp3) is 0.429. The molecule has 0 N–H and O–H groups in total. The average molecular weight is 340 g/mol. The summed E-state index contributed by atoms with van der Waals surface area (Å²) in [6.07, 6.45) is 1.07. The molecule has 132 valence electrons. The fourth-order valence-corrected chi connectivity index (χ4v) is 4.14. The van der Waals surface area contributed by atoms with Crippen LogP contribution in [0.4, 0.5) is 0 Å². The number of ether oxygens (including phenoxy) is 4. The third-order valence-electron chi connectivity index (χ3n) is 5.70. The Labute approximate surface area is 148 Å². The highest BCUT2D eigenvalue weighted by Crippen LogP contribution is 2.48. The molecular weight excluding hydrogens is 316 g/mol. The molecule has 1 heterocycles. The monoisotopic (exact) mass is 340 g/mol. The van der Waals surface area contributed by atoms with Crippen molar-refractivity contribution in [1.82, 2.24) is 0 Å². The van der Waals surface area contributed by atoms with Crippen molar-refractivity contribution in [2.45, 2.75) is 26.2 Å². The summed E-state index contributed by atoms with van der Waals surface area (Å²) in [5.41, 5.74) is 3.94. The van der Waals surface area contributed by atoms with Gasteiger partial charge in [0, 0.05) is 5.92 Å². The van der Waals surface area contributed by atoms with Gasteiger partial charge in [0.1, 0.15) is 0 Å². The Balaban J connectivity index is 1.84. The third kappa shape index (κ3) is 2.60. The van der Waals surface area contributed by atoms with Gasteiger partial charge in [0.15, 0.2) is 23.0 Å². The van der Waals surface area contributed by atoms with E-state index in [0.29, 0.717) is 24.5 Å². The molecule has 2 aromatic rings. The average Bonchev–Trinajstić information content (AvgIpc) is 3.08. The largest absolute Gasteiger partial charge is 0.493 e. The lowest BCUT2D eigenvalue weighted by Crippen LogP contribution is -2.26. The Morgan fingerprint density at radius 2 is 1.64 bits per heavy atom. The lowest BCUT2D eigenvalue weighted by Gasteiger charge is -2.37. The summed E-state index contributed by atoms with van der Waals surface area (Å²) in [6, 6.07) is 10.6. The van der Waals surface area contributed by atoms with Crippen molar-refractivity contribution < 1.29 is 18.9 Å². The van der Waals surface area contributed by atoms with Crippen LogP contribution < -0.4 is 18.9 Å². The number of rotatable bonds is 3. The molecule has 25 heavy (non-hydrogen) atoms. The van der Waals surface area contributed by atoms with Crippen molar-refractivity contribution in [1.29, 1.82) is 0 Å². The summed E-state index contributed by atoms with van der Waals surface area (Å²) < 4.78 is 22.1. The third-order valence-corrected chi connectivity index (χ3v) is 5.70. The van der Waals surface area contributed by atoms with Crippen molar-refractivity contribution in [2.75, 3.05) is 21.0 Å². The Hall–Kier alpha value is -2.36. The molecule has 0 saturated carbocycles. The van der Waals surface area contributed by atoms with Crippen LogP contribution in [0.5, 0.6) is 23.0 Å². The summed E-state index contributed by atoms with van der Waals surface area (Å²) in [4.78, 5) is 0. The van der Waals surface area contributed by atoms with Crippen LogP contribution in [-0.2, 0) is 6.42 Å². The molecule has 1 aliphatic heterocycles. The first kappa shape index (κ1) is 16.1. The van der Waals surface area contributed by atoms with Crippen LogP contribution in [0.15, 0.2) is 30.3 Å². The molecule has 0 spiro atoms. The van der Waals surface area contributed by atoms with Gasteiger partial charge in [0.05, 0.1) is 14.2 Å². The van der Waals surface area contributed by atoms with Gasteiger partial charge < -0.3 is 18.9 Å². The highest BCUT2D eigenvalue weighted by atomic mass is 16.7. The molecule has 0 unspecified atom stereocenters. The quantitative estimate of drug-likeness (QED) is 0.830. The van der Waals surface area contributed by atoms with E-state index < -0.39 is 0 Å². The van der Waals surface area contributed by atoms with Crippen LogP contribution in [0.25, 0.3) is 0 Å². The predicted molar refractivity (Wildman–Crippen MR) is 96.0 cm³/mol. The Kier molecular flexibility index (Phi) is 3.98. The summed E-state index contributed by atoms with van der Waals surface area (Å²) >= 11 is 0. The second-order valence-electron chi connectivity index (χ2n) is 7.04. The molecule has 4 nitrogen and oxygen atoms in total. The zero-order valence-corrected chi connectivity index (χ0v) is 15.2. The normalized spacial score (nSPS) is 23.9. The first-order valence-corrected chi connectivity index (χ1v) is 8.76. The lowest BCUT2D eigenvalue weighted by molar-refractivity contribution is 0.174. The standard InChI is InChI=1S/C21H24O4/c1-12-7-15-9-19-20(25-11-24-19)10-16(15)21(13(12)2)14-5-6-17(22-3)18(8-14)23-4/h5-6,8-10,12-13,21H,7,11H2,1-4H3/t12-,13+,21+/m0/s1. The molecule has 0 radical (unpaired) electrons. The second-order valence-corrected chi connectivity index (χ2v) is 7.04. The number of methoxy groups -OCH3 is 2. The van der Waals surface area contributed by atoms with E-state index in [-0.39, 0.29) is 0 Å². The zero-order chi connectivity index (χ0) is 17.6. The van der Waals surface area contributed by atoms with Crippen LogP contribution in [0.2, 0.25) is 0 Å². The van der Waals surface area contributed by atoms with Crippen LogP contribution in [0.1, 0.15) is 36.5 Å². The van der Waals surface area contributed by atoms with Crippen LogP contribution in [0, 0.1) is 11.8 Å². The van der Waals surface area contributed by atoms with Crippen LogP contribution >= 0.6 is 0 Å². The van der Waals surface area contributed by atoms with E-state index in [1.807, 2.05) is 6.07 Å². The molecule has 4 rings (SSSR count). The van der Waals surface area contributed by atoms with Crippen LogP contribution in [-0.4, -0.2) is 21.0 Å². The van der Waals surface area contributed by atoms with Gasteiger partial charge in [0.2, 0.25) is 6.79 Å². The van der Waals surface area contributed by atoms with E-state index in [1.54, 1.807) is 14.2 Å². The van der Waals surface area contributed by atoms with Gasteiger partial charge in [-0.15, -0.1) is 0 Å². The highest BCUT2D eigenvalue weighted by molar-refractivity contribution is 5.54. The van der Waals surface area contributed by atoms with Gasteiger partial charge in [-0.1, -0.05) is 19.9 Å². The maximum Gasteiger partial charge on any atom is 0.231 e. The molecule has 4 heteroatoms. The first-order valence-electron chi connectivity index (χ1n) is 8.76. The van der Waals surface area contributed by atoms with Gasteiger partial charge in [-0.25, -0.2) is 0 Å². The number of hydrogen-bond donors (Lipinski definition) is 0.